The van der Waals surface area contributed by atoms with E-state index in [0.717, 1.165) is 16.7 Å². The van der Waals surface area contributed by atoms with Crippen LogP contribution in [0.3, 0.4) is 0 Å². The standard InChI is InChI=1S/C9H14N2O4S/c1-6(16-5-7(12)15-2)8(13)11-4-3-10-9(11)14/h6H,3-5H2,1-2H3,(H,10,14). The number of ether oxygens (including phenoxy) is 1. The first-order valence-corrected chi connectivity index (χ1v) is 5.88. The van der Waals surface area contributed by atoms with Crippen molar-refractivity contribution in [3.8, 4) is 0 Å². The Labute approximate surface area is 97.7 Å². The Balaban J connectivity index is 2.41. The van der Waals surface area contributed by atoms with Crippen LogP contribution < -0.4 is 5.32 Å². The molecule has 0 saturated carbocycles. The van der Waals surface area contributed by atoms with Crippen LogP contribution >= 0.6 is 11.8 Å². The molecule has 0 aliphatic carbocycles. The number of nitrogens with one attached hydrogen (secondary N) is 1. The molecule has 16 heavy (non-hydrogen) atoms. The van der Waals surface area contributed by atoms with Crippen molar-refractivity contribution in [3.05, 3.63) is 0 Å². The SMILES string of the molecule is COC(=O)CSC(C)C(=O)N1CCNC1=O. The third-order valence-corrected chi connectivity index (χ3v) is 3.25. The van der Waals surface area contributed by atoms with Crippen LogP contribution in [-0.4, -0.2) is 54.0 Å². The molecule has 1 atom stereocenters. The van der Waals surface area contributed by atoms with Gasteiger partial charge in [0, 0.05) is 13.1 Å². The summed E-state index contributed by atoms with van der Waals surface area (Å²) in [6.07, 6.45) is 0. The lowest BCUT2D eigenvalue weighted by Crippen LogP contribution is -2.39. The second-order valence-electron chi connectivity index (χ2n) is 3.25. The maximum absolute atomic E-state index is 11.7. The van der Waals surface area contributed by atoms with Crippen LogP contribution in [-0.2, 0) is 14.3 Å². The lowest BCUT2D eigenvalue weighted by Gasteiger charge is -2.16. The molecule has 3 amide bonds. The van der Waals surface area contributed by atoms with E-state index in [4.69, 9.17) is 0 Å². The van der Waals surface area contributed by atoms with Crippen molar-refractivity contribution >= 4 is 29.7 Å². The third-order valence-electron chi connectivity index (χ3n) is 2.15. The largest absolute Gasteiger partial charge is 0.468 e. The van der Waals surface area contributed by atoms with Gasteiger partial charge < -0.3 is 10.1 Å². The average Bonchev–Trinajstić information content (AvgIpc) is 2.70. The molecule has 0 radical (unpaired) electrons. The number of carbonyl (C=O) groups is 3. The van der Waals surface area contributed by atoms with Crippen LogP contribution in [0.1, 0.15) is 6.92 Å². The fourth-order valence-electron chi connectivity index (χ4n) is 1.22. The van der Waals surface area contributed by atoms with E-state index in [9.17, 15) is 14.4 Å². The van der Waals surface area contributed by atoms with E-state index in [0.29, 0.717) is 13.1 Å². The van der Waals surface area contributed by atoms with Crippen molar-refractivity contribution in [1.82, 2.24) is 10.2 Å². The van der Waals surface area contributed by atoms with E-state index in [1.54, 1.807) is 6.92 Å². The topological polar surface area (TPSA) is 75.7 Å². The molecule has 1 rings (SSSR count). The van der Waals surface area contributed by atoms with E-state index in [1.807, 2.05) is 0 Å². The van der Waals surface area contributed by atoms with E-state index in [1.165, 1.54) is 7.11 Å². The Bertz CT molecular complexity index is 308. The second-order valence-corrected chi connectivity index (χ2v) is 4.58. The van der Waals surface area contributed by atoms with Crippen molar-refractivity contribution < 1.29 is 19.1 Å². The van der Waals surface area contributed by atoms with Crippen LogP contribution in [0.25, 0.3) is 0 Å². The van der Waals surface area contributed by atoms with Gasteiger partial charge in [-0.2, -0.15) is 0 Å². The van der Waals surface area contributed by atoms with Gasteiger partial charge in [0.1, 0.15) is 0 Å². The first kappa shape index (κ1) is 12.8. The smallest absolute Gasteiger partial charge is 0.324 e. The van der Waals surface area contributed by atoms with Gasteiger partial charge in [-0.05, 0) is 6.92 Å². The highest BCUT2D eigenvalue weighted by molar-refractivity contribution is 8.01. The van der Waals surface area contributed by atoms with Gasteiger partial charge in [0.15, 0.2) is 0 Å². The summed E-state index contributed by atoms with van der Waals surface area (Å²) in [6.45, 7) is 2.54. The molecule has 7 heteroatoms. The molecular formula is C9H14N2O4S. The van der Waals surface area contributed by atoms with Crippen LogP contribution in [0.15, 0.2) is 0 Å². The Morgan fingerprint density at radius 1 is 1.62 bits per heavy atom. The minimum atomic E-state index is -0.428. The molecule has 0 aromatic rings. The third kappa shape index (κ3) is 3.13. The second kappa shape index (κ2) is 5.74. The first-order chi connectivity index (χ1) is 7.56. The Hall–Kier alpha value is -1.24. The molecule has 0 aromatic heterocycles. The molecule has 6 nitrogen and oxygen atoms in total. The maximum Gasteiger partial charge on any atom is 0.324 e. The minimum absolute atomic E-state index is 0.110. The van der Waals surface area contributed by atoms with Crippen molar-refractivity contribution in [1.29, 1.82) is 0 Å². The summed E-state index contributed by atoms with van der Waals surface area (Å²) < 4.78 is 4.46. The zero-order valence-corrected chi connectivity index (χ0v) is 10.0. The number of hydrogen-bond acceptors (Lipinski definition) is 5. The van der Waals surface area contributed by atoms with Gasteiger partial charge in [-0.25, -0.2) is 4.79 Å². The number of thioether (sulfide) groups is 1. The van der Waals surface area contributed by atoms with Crippen LogP contribution in [0.5, 0.6) is 0 Å². The summed E-state index contributed by atoms with van der Waals surface area (Å²) in [4.78, 5) is 35.0. The van der Waals surface area contributed by atoms with Crippen molar-refractivity contribution in [2.45, 2.75) is 12.2 Å². The predicted molar refractivity (Wildman–Crippen MR) is 59.0 cm³/mol. The molecule has 1 heterocycles. The lowest BCUT2D eigenvalue weighted by molar-refractivity contribution is -0.137. The predicted octanol–water partition coefficient (Wildman–Crippen LogP) is -0.167. The number of amides is 3. The lowest BCUT2D eigenvalue weighted by atomic mass is 10.4. The molecule has 1 unspecified atom stereocenters. The van der Waals surface area contributed by atoms with Crippen molar-refractivity contribution in [2.75, 3.05) is 26.0 Å². The van der Waals surface area contributed by atoms with Crippen LogP contribution in [0, 0.1) is 0 Å². The summed E-state index contributed by atoms with van der Waals surface area (Å²) in [5.41, 5.74) is 0. The molecular weight excluding hydrogens is 232 g/mol. The highest BCUT2D eigenvalue weighted by Crippen LogP contribution is 2.14. The zero-order chi connectivity index (χ0) is 12.1. The Morgan fingerprint density at radius 2 is 2.31 bits per heavy atom. The number of methoxy groups -OCH3 is 1. The fourth-order valence-corrected chi connectivity index (χ4v) is 2.00. The van der Waals surface area contributed by atoms with Crippen LogP contribution in [0.2, 0.25) is 0 Å². The highest BCUT2D eigenvalue weighted by atomic mass is 32.2. The van der Waals surface area contributed by atoms with E-state index >= 15 is 0 Å². The van der Waals surface area contributed by atoms with Gasteiger partial charge in [-0.15, -0.1) is 11.8 Å². The quantitative estimate of drug-likeness (QED) is 0.697. The van der Waals surface area contributed by atoms with Gasteiger partial charge in [0.25, 0.3) is 0 Å². The summed E-state index contributed by atoms with van der Waals surface area (Å²) in [7, 11) is 1.29. The summed E-state index contributed by atoms with van der Waals surface area (Å²) in [5, 5.41) is 2.12. The molecule has 1 fully saturated rings. The van der Waals surface area contributed by atoms with Gasteiger partial charge in [-0.1, -0.05) is 0 Å². The summed E-state index contributed by atoms with van der Waals surface area (Å²) in [6, 6.07) is -0.365. The molecule has 0 aromatic carbocycles. The van der Waals surface area contributed by atoms with Crippen molar-refractivity contribution in [3.63, 3.8) is 0 Å². The van der Waals surface area contributed by atoms with E-state index in [2.05, 4.69) is 10.1 Å². The monoisotopic (exact) mass is 246 g/mol. The van der Waals surface area contributed by atoms with Gasteiger partial charge >= 0.3 is 12.0 Å². The molecule has 0 bridgehead atoms. The first-order valence-electron chi connectivity index (χ1n) is 4.84. The van der Waals surface area contributed by atoms with Gasteiger partial charge in [0.2, 0.25) is 5.91 Å². The molecule has 1 aliphatic heterocycles. The Kier molecular flexibility index (Phi) is 4.60. The maximum atomic E-state index is 11.7. The zero-order valence-electron chi connectivity index (χ0n) is 9.19. The highest BCUT2D eigenvalue weighted by Gasteiger charge is 2.30. The number of urea groups is 1. The van der Waals surface area contributed by atoms with Gasteiger partial charge in [0.05, 0.1) is 18.1 Å². The van der Waals surface area contributed by atoms with Crippen LogP contribution in [0.4, 0.5) is 4.79 Å². The number of esters is 1. The Morgan fingerprint density at radius 3 is 2.81 bits per heavy atom. The fraction of sp³-hybridized carbons (Fsp3) is 0.667. The van der Waals surface area contributed by atoms with E-state index in [-0.39, 0.29) is 23.7 Å². The normalized spacial score (nSPS) is 16.9. The summed E-state index contributed by atoms with van der Waals surface area (Å²) in [5.74, 6) is -0.543. The molecule has 0 spiro atoms. The number of nitrogens with zero attached hydrogens (tertiary/aromatic N) is 1. The molecule has 90 valence electrons. The van der Waals surface area contributed by atoms with Gasteiger partial charge in [-0.3, -0.25) is 14.5 Å². The molecule has 1 saturated heterocycles. The summed E-state index contributed by atoms with van der Waals surface area (Å²) >= 11 is 1.16. The number of hydrogen-bond donors (Lipinski definition) is 1. The molecule has 1 N–H and O–H groups in total. The number of imide groups is 1. The molecule has 1 aliphatic rings. The average molecular weight is 246 g/mol. The van der Waals surface area contributed by atoms with Crippen molar-refractivity contribution in [2.24, 2.45) is 0 Å². The number of carbonyl (C=O) groups excluding carboxylic acids is 3. The number of rotatable bonds is 4. The van der Waals surface area contributed by atoms with E-state index < -0.39 is 5.25 Å². The minimum Gasteiger partial charge on any atom is -0.468 e.